The molecule has 0 aliphatic heterocycles. The summed E-state index contributed by atoms with van der Waals surface area (Å²) in [6.45, 7) is 5.42. The first kappa shape index (κ1) is 19.2. The molecule has 0 aliphatic carbocycles. The SMILES string of the molecule is COc1cc(C(=O)c2coc3c(OP(=O)(O)O)c(C)ccc23)cc(C)c1C. The lowest BCUT2D eigenvalue weighted by Gasteiger charge is -2.11. The van der Waals surface area contributed by atoms with Gasteiger partial charge in [0, 0.05) is 10.9 Å². The number of methoxy groups -OCH3 is 1. The fourth-order valence-electron chi connectivity index (χ4n) is 2.91. The second-order valence-electron chi connectivity index (χ2n) is 6.27. The van der Waals surface area contributed by atoms with E-state index in [1.165, 1.54) is 13.4 Å². The lowest BCUT2D eigenvalue weighted by atomic mass is 9.97. The van der Waals surface area contributed by atoms with E-state index < -0.39 is 7.82 Å². The summed E-state index contributed by atoms with van der Waals surface area (Å²) in [5, 5.41) is 0.409. The van der Waals surface area contributed by atoms with E-state index in [1.54, 1.807) is 31.2 Å². The molecule has 1 aromatic heterocycles. The number of hydrogen-bond donors (Lipinski definition) is 2. The molecule has 0 aliphatic rings. The first-order valence-electron chi connectivity index (χ1n) is 8.08. The minimum atomic E-state index is -4.78. The van der Waals surface area contributed by atoms with Crippen LogP contribution in [-0.2, 0) is 4.57 Å². The molecule has 0 saturated heterocycles. The van der Waals surface area contributed by atoms with Gasteiger partial charge in [-0.1, -0.05) is 6.07 Å². The number of carbonyl (C=O) groups excluding carboxylic acids is 1. The topological polar surface area (TPSA) is 106 Å². The molecule has 27 heavy (non-hydrogen) atoms. The molecule has 142 valence electrons. The van der Waals surface area contributed by atoms with E-state index in [0.29, 0.717) is 22.3 Å². The molecule has 0 bridgehead atoms. The summed E-state index contributed by atoms with van der Waals surface area (Å²) in [6.07, 6.45) is 1.26. The Morgan fingerprint density at radius 1 is 1.11 bits per heavy atom. The van der Waals surface area contributed by atoms with Crippen LogP contribution >= 0.6 is 7.82 Å². The Morgan fingerprint density at radius 3 is 2.44 bits per heavy atom. The third-order valence-corrected chi connectivity index (χ3v) is 4.87. The maximum atomic E-state index is 13.0. The highest BCUT2D eigenvalue weighted by atomic mass is 31.2. The van der Waals surface area contributed by atoms with Crippen LogP contribution in [0.15, 0.2) is 34.9 Å². The third kappa shape index (κ3) is 3.62. The van der Waals surface area contributed by atoms with E-state index in [9.17, 15) is 9.36 Å². The number of carbonyl (C=O) groups is 1. The number of ether oxygens (including phenoxy) is 1. The number of ketones is 1. The van der Waals surface area contributed by atoms with Gasteiger partial charge in [0.05, 0.1) is 12.7 Å². The smallest absolute Gasteiger partial charge is 0.496 e. The zero-order valence-corrected chi connectivity index (χ0v) is 16.2. The monoisotopic (exact) mass is 390 g/mol. The predicted molar refractivity (Wildman–Crippen MR) is 99.5 cm³/mol. The van der Waals surface area contributed by atoms with Crippen molar-refractivity contribution in [1.82, 2.24) is 0 Å². The largest absolute Gasteiger partial charge is 0.524 e. The van der Waals surface area contributed by atoms with Gasteiger partial charge in [-0.15, -0.1) is 0 Å². The Bertz CT molecular complexity index is 1090. The molecule has 0 atom stereocenters. The Hall–Kier alpha value is -2.60. The number of rotatable bonds is 5. The summed E-state index contributed by atoms with van der Waals surface area (Å²) in [5.74, 6) is 0.228. The molecule has 0 fully saturated rings. The van der Waals surface area contributed by atoms with Crippen molar-refractivity contribution in [3.63, 3.8) is 0 Å². The van der Waals surface area contributed by atoms with Gasteiger partial charge in [-0.2, -0.15) is 0 Å². The lowest BCUT2D eigenvalue weighted by Crippen LogP contribution is -2.03. The molecule has 2 N–H and O–H groups in total. The second kappa shape index (κ2) is 6.85. The van der Waals surface area contributed by atoms with Gasteiger partial charge in [-0.3, -0.25) is 14.6 Å². The van der Waals surface area contributed by atoms with Crippen molar-refractivity contribution < 1.29 is 32.8 Å². The summed E-state index contributed by atoms with van der Waals surface area (Å²) >= 11 is 0. The molecule has 1 heterocycles. The fourth-order valence-corrected chi connectivity index (χ4v) is 3.37. The van der Waals surface area contributed by atoms with E-state index in [4.69, 9.17) is 23.5 Å². The van der Waals surface area contributed by atoms with E-state index in [0.717, 1.165) is 11.1 Å². The van der Waals surface area contributed by atoms with Crippen LogP contribution < -0.4 is 9.26 Å². The molecule has 2 aromatic carbocycles. The van der Waals surface area contributed by atoms with E-state index in [2.05, 4.69) is 0 Å². The Morgan fingerprint density at radius 2 is 1.81 bits per heavy atom. The molecular weight excluding hydrogens is 371 g/mol. The number of furan rings is 1. The van der Waals surface area contributed by atoms with Crippen molar-refractivity contribution in [3.8, 4) is 11.5 Å². The van der Waals surface area contributed by atoms with Gasteiger partial charge >= 0.3 is 7.82 Å². The number of aryl methyl sites for hydroxylation is 2. The van der Waals surface area contributed by atoms with Crippen molar-refractivity contribution in [3.05, 3.63) is 58.3 Å². The van der Waals surface area contributed by atoms with Gasteiger partial charge in [-0.25, -0.2) is 4.57 Å². The average molecular weight is 390 g/mol. The molecule has 0 amide bonds. The molecule has 0 saturated carbocycles. The quantitative estimate of drug-likeness (QED) is 0.500. The maximum Gasteiger partial charge on any atom is 0.524 e. The zero-order valence-electron chi connectivity index (χ0n) is 15.3. The number of phosphoric acid groups is 1. The zero-order chi connectivity index (χ0) is 19.9. The van der Waals surface area contributed by atoms with Crippen molar-refractivity contribution in [1.29, 1.82) is 0 Å². The third-order valence-electron chi connectivity index (χ3n) is 4.45. The van der Waals surface area contributed by atoms with Gasteiger partial charge in [0.1, 0.15) is 12.0 Å². The van der Waals surface area contributed by atoms with Gasteiger partial charge < -0.3 is 13.7 Å². The van der Waals surface area contributed by atoms with Crippen LogP contribution in [0.25, 0.3) is 11.0 Å². The van der Waals surface area contributed by atoms with E-state index >= 15 is 0 Å². The van der Waals surface area contributed by atoms with Gasteiger partial charge in [0.15, 0.2) is 17.1 Å². The van der Waals surface area contributed by atoms with Crippen molar-refractivity contribution in [2.45, 2.75) is 20.8 Å². The Kier molecular flexibility index (Phi) is 4.86. The molecule has 0 radical (unpaired) electrons. The molecule has 3 aromatic rings. The Labute approximate surface area is 155 Å². The normalized spacial score (nSPS) is 11.6. The molecule has 7 nitrogen and oxygen atoms in total. The summed E-state index contributed by atoms with van der Waals surface area (Å²) in [6, 6.07) is 6.69. The van der Waals surface area contributed by atoms with Crippen LogP contribution in [0.1, 0.15) is 32.6 Å². The van der Waals surface area contributed by atoms with Crippen LogP contribution in [0.2, 0.25) is 0 Å². The molecule has 3 rings (SSSR count). The van der Waals surface area contributed by atoms with Crippen LogP contribution in [0.4, 0.5) is 0 Å². The van der Waals surface area contributed by atoms with E-state index in [1.807, 2.05) is 13.8 Å². The molecular formula is C19H19O7P. The minimum Gasteiger partial charge on any atom is -0.496 e. The minimum absolute atomic E-state index is 0.0856. The standard InChI is InChI=1S/C19H19O7P/c1-10-5-6-14-15(9-25-19(14)18(10)26-27(21,22)23)17(20)13-7-11(2)12(3)16(8-13)24-4/h5-9H,1-4H3,(H2,21,22,23). The molecule has 0 unspecified atom stereocenters. The highest BCUT2D eigenvalue weighted by Gasteiger charge is 2.24. The number of phosphoric ester groups is 1. The molecule has 8 heteroatoms. The number of benzene rings is 2. The highest BCUT2D eigenvalue weighted by molar-refractivity contribution is 7.46. The first-order chi connectivity index (χ1) is 12.6. The summed E-state index contributed by atoms with van der Waals surface area (Å²) in [5.41, 5.74) is 3.14. The highest BCUT2D eigenvalue weighted by Crippen LogP contribution is 2.43. The predicted octanol–water partition coefficient (Wildman–Crippen LogP) is 4.07. The number of hydrogen-bond acceptors (Lipinski definition) is 5. The summed E-state index contributed by atoms with van der Waals surface area (Å²) < 4.78 is 26.8. The van der Waals surface area contributed by atoms with Gasteiger partial charge in [-0.05, 0) is 55.7 Å². The Balaban J connectivity index is 2.13. The lowest BCUT2D eigenvalue weighted by molar-refractivity contribution is 0.103. The van der Waals surface area contributed by atoms with Crippen LogP contribution in [0, 0.1) is 20.8 Å². The van der Waals surface area contributed by atoms with Gasteiger partial charge in [0.2, 0.25) is 0 Å². The van der Waals surface area contributed by atoms with Gasteiger partial charge in [0.25, 0.3) is 0 Å². The number of fused-ring (bicyclic) bond motifs is 1. The van der Waals surface area contributed by atoms with Crippen LogP contribution in [0.5, 0.6) is 11.5 Å². The van der Waals surface area contributed by atoms with E-state index in [-0.39, 0.29) is 22.7 Å². The van der Waals surface area contributed by atoms with Crippen LogP contribution in [-0.4, -0.2) is 22.7 Å². The molecule has 0 spiro atoms. The first-order valence-corrected chi connectivity index (χ1v) is 9.61. The maximum absolute atomic E-state index is 13.0. The average Bonchev–Trinajstić information content (AvgIpc) is 3.02. The van der Waals surface area contributed by atoms with Crippen LogP contribution in [0.3, 0.4) is 0 Å². The summed E-state index contributed by atoms with van der Waals surface area (Å²) in [4.78, 5) is 31.3. The summed E-state index contributed by atoms with van der Waals surface area (Å²) in [7, 11) is -3.24. The van der Waals surface area contributed by atoms with Crippen molar-refractivity contribution in [2.24, 2.45) is 0 Å². The van der Waals surface area contributed by atoms with Crippen molar-refractivity contribution in [2.75, 3.05) is 7.11 Å². The fraction of sp³-hybridized carbons (Fsp3) is 0.211. The van der Waals surface area contributed by atoms with Crippen molar-refractivity contribution >= 4 is 24.6 Å². The second-order valence-corrected chi connectivity index (χ2v) is 7.43.